The molecule has 0 fully saturated rings. The van der Waals surface area contributed by atoms with Gasteiger partial charge in [-0.2, -0.15) is 5.10 Å². The minimum atomic E-state index is 0.826. The van der Waals surface area contributed by atoms with Gasteiger partial charge in [-0.15, -0.1) is 0 Å². The van der Waals surface area contributed by atoms with Crippen LogP contribution in [0.4, 0.5) is 11.6 Å². The number of rotatable bonds is 3. The minimum absolute atomic E-state index is 0.826. The number of benzene rings is 2. The van der Waals surface area contributed by atoms with E-state index in [1.54, 1.807) is 0 Å². The molecule has 0 aliphatic carbocycles. The Morgan fingerprint density at radius 1 is 1.07 bits per heavy atom. The number of aromatic amines is 1. The molecule has 29 heavy (non-hydrogen) atoms. The summed E-state index contributed by atoms with van der Waals surface area (Å²) in [5.41, 5.74) is 8.69. The SMILES string of the molecule is CCn1nc(-c2ccc3c(c2)CCN3c2nc3ccccc3[nH]2)c2ncccc21. The molecule has 0 saturated carbocycles. The molecule has 6 heteroatoms. The molecule has 0 saturated heterocycles. The summed E-state index contributed by atoms with van der Waals surface area (Å²) in [5.74, 6) is 0.903. The lowest BCUT2D eigenvalue weighted by Gasteiger charge is -2.16. The number of aryl methyl sites for hydroxylation is 1. The maximum atomic E-state index is 4.83. The van der Waals surface area contributed by atoms with Crippen LogP contribution in [0.2, 0.25) is 0 Å². The van der Waals surface area contributed by atoms with Crippen molar-refractivity contribution in [1.29, 1.82) is 0 Å². The molecular formula is C23H20N6. The maximum absolute atomic E-state index is 4.83. The van der Waals surface area contributed by atoms with Gasteiger partial charge in [-0.1, -0.05) is 18.2 Å². The smallest absolute Gasteiger partial charge is 0.208 e. The molecule has 142 valence electrons. The van der Waals surface area contributed by atoms with E-state index in [1.807, 2.05) is 35.1 Å². The molecule has 2 aromatic carbocycles. The molecule has 1 aliphatic rings. The van der Waals surface area contributed by atoms with Crippen molar-refractivity contribution in [3.8, 4) is 11.3 Å². The van der Waals surface area contributed by atoms with E-state index in [9.17, 15) is 0 Å². The minimum Gasteiger partial charge on any atom is -0.324 e. The highest BCUT2D eigenvalue weighted by Gasteiger charge is 2.24. The van der Waals surface area contributed by atoms with E-state index in [-0.39, 0.29) is 0 Å². The van der Waals surface area contributed by atoms with Crippen molar-refractivity contribution in [1.82, 2.24) is 24.7 Å². The lowest BCUT2D eigenvalue weighted by atomic mass is 10.1. The van der Waals surface area contributed by atoms with Crippen LogP contribution in [0.5, 0.6) is 0 Å². The highest BCUT2D eigenvalue weighted by Crippen LogP contribution is 2.37. The molecule has 5 aromatic rings. The summed E-state index contributed by atoms with van der Waals surface area (Å²) in [6.07, 6.45) is 2.82. The van der Waals surface area contributed by atoms with Crippen LogP contribution < -0.4 is 4.90 Å². The van der Waals surface area contributed by atoms with Crippen LogP contribution in [0.15, 0.2) is 60.8 Å². The Labute approximate surface area is 167 Å². The largest absolute Gasteiger partial charge is 0.324 e. The third-order valence-corrected chi connectivity index (χ3v) is 5.69. The Morgan fingerprint density at radius 2 is 2.00 bits per heavy atom. The van der Waals surface area contributed by atoms with Gasteiger partial charge in [0.05, 0.1) is 16.6 Å². The van der Waals surface area contributed by atoms with Gasteiger partial charge in [0, 0.05) is 30.5 Å². The monoisotopic (exact) mass is 380 g/mol. The molecule has 0 unspecified atom stereocenters. The Kier molecular flexibility index (Phi) is 3.47. The number of nitrogens with zero attached hydrogens (tertiary/aromatic N) is 5. The predicted molar refractivity (Wildman–Crippen MR) is 115 cm³/mol. The van der Waals surface area contributed by atoms with Gasteiger partial charge < -0.3 is 9.88 Å². The van der Waals surface area contributed by atoms with Gasteiger partial charge in [0.25, 0.3) is 0 Å². The number of anilines is 2. The van der Waals surface area contributed by atoms with E-state index < -0.39 is 0 Å². The van der Waals surface area contributed by atoms with Crippen molar-refractivity contribution in [2.75, 3.05) is 11.4 Å². The Balaban J connectivity index is 1.43. The molecule has 1 N–H and O–H groups in total. The van der Waals surface area contributed by atoms with Gasteiger partial charge in [-0.3, -0.25) is 9.67 Å². The van der Waals surface area contributed by atoms with E-state index in [4.69, 9.17) is 10.1 Å². The summed E-state index contributed by atoms with van der Waals surface area (Å²) in [6, 6.07) is 18.8. The zero-order chi connectivity index (χ0) is 19.4. The zero-order valence-corrected chi connectivity index (χ0v) is 16.1. The number of imidazole rings is 1. The Morgan fingerprint density at radius 3 is 2.90 bits per heavy atom. The summed E-state index contributed by atoms with van der Waals surface area (Å²) >= 11 is 0. The predicted octanol–water partition coefficient (Wildman–Crippen LogP) is 4.69. The average Bonchev–Trinajstić information content (AvgIpc) is 3.47. The number of H-pyrrole nitrogens is 1. The first kappa shape index (κ1) is 16.3. The first-order chi connectivity index (χ1) is 14.3. The second-order valence-electron chi connectivity index (χ2n) is 7.36. The summed E-state index contributed by atoms with van der Waals surface area (Å²) in [5, 5.41) is 4.83. The normalized spacial score (nSPS) is 13.5. The molecule has 3 aromatic heterocycles. The molecule has 6 rings (SSSR count). The van der Waals surface area contributed by atoms with E-state index in [2.05, 4.69) is 52.1 Å². The fraction of sp³-hybridized carbons (Fsp3) is 0.174. The summed E-state index contributed by atoms with van der Waals surface area (Å²) < 4.78 is 2.02. The van der Waals surface area contributed by atoms with Crippen molar-refractivity contribution >= 4 is 33.7 Å². The van der Waals surface area contributed by atoms with E-state index in [1.165, 1.54) is 11.3 Å². The van der Waals surface area contributed by atoms with Gasteiger partial charge in [0.2, 0.25) is 5.95 Å². The van der Waals surface area contributed by atoms with Crippen LogP contribution >= 0.6 is 0 Å². The van der Waals surface area contributed by atoms with Gasteiger partial charge >= 0.3 is 0 Å². The fourth-order valence-electron chi connectivity index (χ4n) is 4.28. The second kappa shape index (κ2) is 6.17. The lowest BCUT2D eigenvalue weighted by molar-refractivity contribution is 0.686. The average molecular weight is 380 g/mol. The zero-order valence-electron chi connectivity index (χ0n) is 16.1. The van der Waals surface area contributed by atoms with Crippen LogP contribution in [0.3, 0.4) is 0 Å². The number of hydrogen-bond acceptors (Lipinski definition) is 4. The standard InChI is InChI=1S/C23H20N6/c1-2-29-20-8-5-12-24-22(20)21(27-29)16-9-10-19-15(14-16)11-13-28(19)23-25-17-6-3-4-7-18(17)26-23/h3-10,12,14H,2,11,13H2,1H3,(H,25,26). The molecule has 0 amide bonds. The highest BCUT2D eigenvalue weighted by molar-refractivity contribution is 5.91. The van der Waals surface area contributed by atoms with E-state index in [0.29, 0.717) is 0 Å². The van der Waals surface area contributed by atoms with Crippen LogP contribution in [0.25, 0.3) is 33.3 Å². The summed E-state index contributed by atoms with van der Waals surface area (Å²) in [6.45, 7) is 3.85. The summed E-state index contributed by atoms with van der Waals surface area (Å²) in [4.78, 5) is 15.1. The molecule has 0 radical (unpaired) electrons. The maximum Gasteiger partial charge on any atom is 0.208 e. The van der Waals surface area contributed by atoms with Crippen LogP contribution in [0, 0.1) is 0 Å². The molecule has 0 bridgehead atoms. The summed E-state index contributed by atoms with van der Waals surface area (Å²) in [7, 11) is 0. The van der Waals surface area contributed by atoms with Gasteiger partial charge in [0.1, 0.15) is 11.2 Å². The van der Waals surface area contributed by atoms with Crippen LogP contribution in [-0.4, -0.2) is 31.3 Å². The van der Waals surface area contributed by atoms with Crippen molar-refractivity contribution in [3.63, 3.8) is 0 Å². The molecule has 0 atom stereocenters. The van der Waals surface area contributed by atoms with Crippen molar-refractivity contribution in [2.24, 2.45) is 0 Å². The number of fused-ring (bicyclic) bond motifs is 3. The molecule has 6 nitrogen and oxygen atoms in total. The number of aromatic nitrogens is 5. The quantitative estimate of drug-likeness (QED) is 0.493. The lowest BCUT2D eigenvalue weighted by Crippen LogP contribution is -2.14. The van der Waals surface area contributed by atoms with Crippen LogP contribution in [-0.2, 0) is 13.0 Å². The Hall–Kier alpha value is -3.67. The molecule has 1 aliphatic heterocycles. The molecular weight excluding hydrogens is 360 g/mol. The first-order valence-electron chi connectivity index (χ1n) is 9.99. The highest BCUT2D eigenvalue weighted by atomic mass is 15.3. The Bertz CT molecular complexity index is 1330. The molecule has 0 spiro atoms. The topological polar surface area (TPSA) is 62.6 Å². The van der Waals surface area contributed by atoms with Gasteiger partial charge in [0.15, 0.2) is 0 Å². The number of nitrogens with one attached hydrogen (secondary N) is 1. The third kappa shape index (κ3) is 2.45. The van der Waals surface area contributed by atoms with E-state index in [0.717, 1.165) is 58.8 Å². The van der Waals surface area contributed by atoms with Crippen molar-refractivity contribution in [2.45, 2.75) is 19.9 Å². The first-order valence-corrected chi connectivity index (χ1v) is 9.99. The van der Waals surface area contributed by atoms with Gasteiger partial charge in [-0.05, 0) is 55.3 Å². The van der Waals surface area contributed by atoms with Crippen molar-refractivity contribution < 1.29 is 0 Å². The molecule has 4 heterocycles. The second-order valence-corrected chi connectivity index (χ2v) is 7.36. The van der Waals surface area contributed by atoms with Crippen molar-refractivity contribution in [3.05, 3.63) is 66.4 Å². The third-order valence-electron chi connectivity index (χ3n) is 5.69. The van der Waals surface area contributed by atoms with E-state index >= 15 is 0 Å². The fourth-order valence-corrected chi connectivity index (χ4v) is 4.28. The van der Waals surface area contributed by atoms with Crippen LogP contribution in [0.1, 0.15) is 12.5 Å². The number of hydrogen-bond donors (Lipinski definition) is 1. The van der Waals surface area contributed by atoms with Gasteiger partial charge in [-0.25, -0.2) is 4.98 Å². The number of pyridine rings is 1. The number of para-hydroxylation sites is 2.